The highest BCUT2D eigenvalue weighted by atomic mass is 32.2. The zero-order valence-corrected chi connectivity index (χ0v) is 17.3. The van der Waals surface area contributed by atoms with E-state index in [9.17, 15) is 31.2 Å². The number of alkyl halides is 3. The van der Waals surface area contributed by atoms with Gasteiger partial charge in [-0.2, -0.15) is 13.2 Å². The van der Waals surface area contributed by atoms with Crippen molar-refractivity contribution in [2.24, 2.45) is 0 Å². The van der Waals surface area contributed by atoms with Crippen molar-refractivity contribution in [1.29, 1.82) is 0 Å². The molecule has 166 valence electrons. The summed E-state index contributed by atoms with van der Waals surface area (Å²) in [5, 5.41) is 4.98. The molecule has 2 N–H and O–H groups in total. The maximum atomic E-state index is 13.0. The highest BCUT2D eigenvalue weighted by Gasteiger charge is 2.32. The second-order valence-electron chi connectivity index (χ2n) is 6.41. The van der Waals surface area contributed by atoms with E-state index in [0.29, 0.717) is 10.4 Å². The largest absolute Gasteiger partial charge is 0.416 e. The van der Waals surface area contributed by atoms with Gasteiger partial charge >= 0.3 is 6.18 Å². The second kappa shape index (κ2) is 9.65. The minimum Gasteiger partial charge on any atom is -0.349 e. The molecule has 0 spiro atoms. The SMILES string of the molecule is C=CCNC(=O)c1ccccc1NC(=O)CN(c1cccc(C(F)(F)F)c1)S(C)(=O)=O. The molecular formula is C20H20F3N3O4S. The van der Waals surface area contributed by atoms with E-state index in [1.165, 1.54) is 18.2 Å². The van der Waals surface area contributed by atoms with Gasteiger partial charge in [-0.05, 0) is 30.3 Å². The lowest BCUT2D eigenvalue weighted by Crippen LogP contribution is -2.38. The number of nitrogens with zero attached hydrogens (tertiary/aromatic N) is 1. The number of hydrogen-bond acceptors (Lipinski definition) is 4. The van der Waals surface area contributed by atoms with Gasteiger partial charge in [0, 0.05) is 6.54 Å². The molecule has 7 nitrogen and oxygen atoms in total. The van der Waals surface area contributed by atoms with Crippen molar-refractivity contribution in [3.8, 4) is 0 Å². The van der Waals surface area contributed by atoms with Gasteiger partial charge in [0.25, 0.3) is 5.91 Å². The number of sulfonamides is 1. The van der Waals surface area contributed by atoms with Gasteiger partial charge in [0.2, 0.25) is 15.9 Å². The van der Waals surface area contributed by atoms with E-state index in [4.69, 9.17) is 0 Å². The first-order valence-corrected chi connectivity index (χ1v) is 10.7. The molecule has 0 aliphatic rings. The maximum Gasteiger partial charge on any atom is 0.416 e. The number of hydrogen-bond donors (Lipinski definition) is 2. The molecule has 2 amide bonds. The molecule has 0 saturated carbocycles. The van der Waals surface area contributed by atoms with Crippen molar-refractivity contribution in [2.75, 3.05) is 29.0 Å². The molecule has 31 heavy (non-hydrogen) atoms. The standard InChI is InChI=1S/C20H20F3N3O4S/c1-3-11-24-19(28)16-9-4-5-10-17(16)25-18(27)13-26(31(2,29)30)15-8-6-7-14(12-15)20(21,22)23/h3-10,12H,1,11,13H2,2H3,(H,24,28)(H,25,27). The van der Waals surface area contributed by atoms with Crippen LogP contribution in [0, 0.1) is 0 Å². The highest BCUT2D eigenvalue weighted by Crippen LogP contribution is 2.32. The molecule has 0 saturated heterocycles. The van der Waals surface area contributed by atoms with Gasteiger partial charge in [0.05, 0.1) is 28.8 Å². The molecule has 0 heterocycles. The van der Waals surface area contributed by atoms with Crippen molar-refractivity contribution in [3.63, 3.8) is 0 Å². The van der Waals surface area contributed by atoms with Crippen LogP contribution in [0.1, 0.15) is 15.9 Å². The van der Waals surface area contributed by atoms with E-state index in [1.54, 1.807) is 12.1 Å². The molecule has 2 aromatic rings. The van der Waals surface area contributed by atoms with Crippen molar-refractivity contribution < 1.29 is 31.2 Å². The minimum absolute atomic E-state index is 0.117. The lowest BCUT2D eigenvalue weighted by Gasteiger charge is -2.23. The van der Waals surface area contributed by atoms with Crippen LogP contribution in [0.5, 0.6) is 0 Å². The Hall–Kier alpha value is -3.34. The summed E-state index contributed by atoms with van der Waals surface area (Å²) in [5.41, 5.74) is -1.12. The van der Waals surface area contributed by atoms with Crippen molar-refractivity contribution in [1.82, 2.24) is 5.32 Å². The Balaban J connectivity index is 2.28. The van der Waals surface area contributed by atoms with Crippen LogP contribution in [0.4, 0.5) is 24.5 Å². The van der Waals surface area contributed by atoms with Gasteiger partial charge < -0.3 is 10.6 Å². The molecule has 0 atom stereocenters. The Morgan fingerprint density at radius 1 is 1.13 bits per heavy atom. The van der Waals surface area contributed by atoms with E-state index < -0.39 is 40.1 Å². The quantitative estimate of drug-likeness (QED) is 0.598. The van der Waals surface area contributed by atoms with Crippen LogP contribution in [0.25, 0.3) is 0 Å². The van der Waals surface area contributed by atoms with Crippen LogP contribution in [0.3, 0.4) is 0 Å². The van der Waals surface area contributed by atoms with Gasteiger partial charge in [-0.3, -0.25) is 13.9 Å². The van der Waals surface area contributed by atoms with Gasteiger partial charge in [-0.25, -0.2) is 8.42 Å². The Morgan fingerprint density at radius 3 is 2.42 bits per heavy atom. The van der Waals surface area contributed by atoms with Crippen LogP contribution in [0.15, 0.2) is 61.2 Å². The summed E-state index contributed by atoms with van der Waals surface area (Å²) in [6, 6.07) is 9.66. The molecule has 0 aliphatic heterocycles. The van der Waals surface area contributed by atoms with E-state index >= 15 is 0 Å². The zero-order chi connectivity index (χ0) is 23.2. The third-order valence-electron chi connectivity index (χ3n) is 4.00. The van der Waals surface area contributed by atoms with Crippen LogP contribution in [-0.2, 0) is 21.0 Å². The number of nitrogens with one attached hydrogen (secondary N) is 2. The fourth-order valence-corrected chi connectivity index (χ4v) is 3.46. The smallest absolute Gasteiger partial charge is 0.349 e. The Labute approximate surface area is 177 Å². The number of carbonyl (C=O) groups excluding carboxylic acids is 2. The van der Waals surface area contributed by atoms with Gasteiger partial charge in [0.15, 0.2) is 0 Å². The molecule has 0 aliphatic carbocycles. The summed E-state index contributed by atoms with van der Waals surface area (Å²) in [7, 11) is -4.09. The Kier molecular flexibility index (Phi) is 7.45. The zero-order valence-electron chi connectivity index (χ0n) is 16.4. The summed E-state index contributed by atoms with van der Waals surface area (Å²) in [6.07, 6.45) is -2.44. The van der Waals surface area contributed by atoms with Crippen LogP contribution >= 0.6 is 0 Å². The third kappa shape index (κ3) is 6.57. The average molecular weight is 455 g/mol. The van der Waals surface area contributed by atoms with Crippen molar-refractivity contribution in [2.45, 2.75) is 6.18 Å². The topological polar surface area (TPSA) is 95.6 Å². The van der Waals surface area contributed by atoms with Gasteiger partial charge in [-0.1, -0.05) is 24.3 Å². The van der Waals surface area contributed by atoms with E-state index in [2.05, 4.69) is 17.2 Å². The van der Waals surface area contributed by atoms with E-state index in [1.807, 2.05) is 0 Å². The normalized spacial score (nSPS) is 11.5. The molecule has 0 radical (unpaired) electrons. The first-order chi connectivity index (χ1) is 14.4. The molecule has 11 heteroatoms. The number of rotatable bonds is 8. The molecule has 2 rings (SSSR count). The molecule has 0 unspecified atom stereocenters. The summed E-state index contributed by atoms with van der Waals surface area (Å²) >= 11 is 0. The van der Waals surface area contributed by atoms with Crippen molar-refractivity contribution in [3.05, 3.63) is 72.3 Å². The predicted octanol–water partition coefficient (Wildman–Crippen LogP) is 3.03. The number of anilines is 2. The number of carbonyl (C=O) groups is 2. The third-order valence-corrected chi connectivity index (χ3v) is 5.14. The summed E-state index contributed by atoms with van der Waals surface area (Å²) < 4.78 is 63.9. The minimum atomic E-state index is -4.68. The van der Waals surface area contributed by atoms with Crippen molar-refractivity contribution >= 4 is 33.2 Å². The number of halogens is 3. The first-order valence-electron chi connectivity index (χ1n) is 8.86. The van der Waals surface area contributed by atoms with Gasteiger partial charge in [-0.15, -0.1) is 6.58 Å². The fraction of sp³-hybridized carbons (Fsp3) is 0.200. The van der Waals surface area contributed by atoms with Crippen LogP contribution in [-0.4, -0.2) is 39.6 Å². The molecule has 0 aromatic heterocycles. The molecule has 2 aromatic carbocycles. The maximum absolute atomic E-state index is 13.0. The highest BCUT2D eigenvalue weighted by molar-refractivity contribution is 7.92. The number of benzene rings is 2. The van der Waals surface area contributed by atoms with Crippen LogP contribution < -0.4 is 14.9 Å². The number of amides is 2. The number of para-hydroxylation sites is 1. The Morgan fingerprint density at radius 2 is 1.81 bits per heavy atom. The van der Waals surface area contributed by atoms with E-state index in [-0.39, 0.29) is 23.5 Å². The molecule has 0 bridgehead atoms. The van der Waals surface area contributed by atoms with Crippen LogP contribution in [0.2, 0.25) is 0 Å². The molecular weight excluding hydrogens is 435 g/mol. The lowest BCUT2D eigenvalue weighted by atomic mass is 10.1. The summed E-state index contributed by atoms with van der Waals surface area (Å²) in [6.45, 7) is 2.89. The summed E-state index contributed by atoms with van der Waals surface area (Å²) in [5.74, 6) is -1.33. The second-order valence-corrected chi connectivity index (χ2v) is 8.32. The Bertz CT molecular complexity index is 1090. The fourth-order valence-electron chi connectivity index (χ4n) is 2.61. The monoisotopic (exact) mass is 455 g/mol. The predicted molar refractivity (Wildman–Crippen MR) is 111 cm³/mol. The van der Waals surface area contributed by atoms with E-state index in [0.717, 1.165) is 24.5 Å². The molecule has 0 fully saturated rings. The first kappa shape index (κ1) is 23.9. The summed E-state index contributed by atoms with van der Waals surface area (Å²) in [4.78, 5) is 24.7. The average Bonchev–Trinajstić information content (AvgIpc) is 2.69. The van der Waals surface area contributed by atoms with Gasteiger partial charge in [0.1, 0.15) is 6.54 Å². The lowest BCUT2D eigenvalue weighted by molar-refractivity contribution is -0.137.